The van der Waals surface area contributed by atoms with Gasteiger partial charge in [0.2, 0.25) is 5.78 Å². The molecule has 0 aliphatic carbocycles. The smallest absolute Gasteiger partial charge is 0.211 e. The summed E-state index contributed by atoms with van der Waals surface area (Å²) in [6.07, 6.45) is 2.81. The lowest BCUT2D eigenvalue weighted by Gasteiger charge is -2.25. The SMILES string of the molecule is Cn1c(C(=O)c2ccc(Cl)cc2)cnc1SCCCN1CCSCC1. The average molecular weight is 396 g/mol. The number of hydrogen-bond acceptors (Lipinski definition) is 5. The highest BCUT2D eigenvalue weighted by Crippen LogP contribution is 2.21. The van der Waals surface area contributed by atoms with E-state index in [0.29, 0.717) is 16.3 Å². The van der Waals surface area contributed by atoms with Gasteiger partial charge in [-0.25, -0.2) is 4.98 Å². The Kier molecular flexibility index (Phi) is 6.87. The van der Waals surface area contributed by atoms with Gasteiger partial charge in [0.05, 0.1) is 6.20 Å². The molecule has 2 aromatic rings. The van der Waals surface area contributed by atoms with E-state index in [0.717, 1.165) is 23.9 Å². The molecule has 1 aromatic carbocycles. The number of aromatic nitrogens is 2. The largest absolute Gasteiger partial charge is 0.319 e. The molecular formula is C18H22ClN3OS2. The number of carbonyl (C=O) groups is 1. The highest BCUT2D eigenvalue weighted by molar-refractivity contribution is 7.99. The van der Waals surface area contributed by atoms with Crippen molar-refractivity contribution >= 4 is 40.9 Å². The molecule has 134 valence electrons. The molecule has 4 nitrogen and oxygen atoms in total. The summed E-state index contributed by atoms with van der Waals surface area (Å²) in [7, 11) is 1.90. The predicted octanol–water partition coefficient (Wildman–Crippen LogP) is 3.84. The summed E-state index contributed by atoms with van der Waals surface area (Å²) in [5.41, 5.74) is 1.24. The minimum Gasteiger partial charge on any atom is -0.319 e. The van der Waals surface area contributed by atoms with E-state index in [9.17, 15) is 4.79 Å². The molecule has 0 spiro atoms. The van der Waals surface area contributed by atoms with Gasteiger partial charge in [0.1, 0.15) is 5.69 Å². The lowest BCUT2D eigenvalue weighted by atomic mass is 10.1. The Balaban J connectivity index is 1.53. The Hall–Kier alpha value is -0.950. The number of carbonyl (C=O) groups excluding carboxylic acids is 1. The number of thioether (sulfide) groups is 2. The van der Waals surface area contributed by atoms with E-state index in [1.54, 1.807) is 42.2 Å². The second-order valence-corrected chi connectivity index (χ2v) is 8.70. The fraction of sp³-hybridized carbons (Fsp3) is 0.444. The number of halogens is 1. The number of benzene rings is 1. The van der Waals surface area contributed by atoms with Gasteiger partial charge in [-0.05, 0) is 37.2 Å². The van der Waals surface area contributed by atoms with Gasteiger partial charge in [-0.15, -0.1) is 0 Å². The molecule has 0 radical (unpaired) electrons. The summed E-state index contributed by atoms with van der Waals surface area (Å²) in [6.45, 7) is 3.56. The highest BCUT2D eigenvalue weighted by atomic mass is 35.5. The van der Waals surface area contributed by atoms with Crippen molar-refractivity contribution in [2.75, 3.05) is 36.9 Å². The van der Waals surface area contributed by atoms with Crippen LogP contribution >= 0.6 is 35.1 Å². The van der Waals surface area contributed by atoms with Gasteiger partial charge >= 0.3 is 0 Å². The van der Waals surface area contributed by atoms with Crippen LogP contribution < -0.4 is 0 Å². The number of ketones is 1. The third-order valence-corrected chi connectivity index (χ3v) is 6.56. The van der Waals surface area contributed by atoms with E-state index in [1.165, 1.54) is 24.6 Å². The van der Waals surface area contributed by atoms with Crippen LogP contribution in [0, 0.1) is 0 Å². The Morgan fingerprint density at radius 1 is 1.28 bits per heavy atom. The van der Waals surface area contributed by atoms with Gasteiger partial charge in [-0.2, -0.15) is 11.8 Å². The van der Waals surface area contributed by atoms with Crippen molar-refractivity contribution in [1.29, 1.82) is 0 Å². The zero-order chi connectivity index (χ0) is 17.6. The average Bonchev–Trinajstić information content (AvgIpc) is 3.00. The molecule has 1 saturated heterocycles. The first-order valence-corrected chi connectivity index (χ1v) is 10.9. The molecule has 1 aliphatic heterocycles. The molecule has 0 N–H and O–H groups in total. The van der Waals surface area contributed by atoms with Crippen molar-refractivity contribution in [3.63, 3.8) is 0 Å². The molecule has 0 amide bonds. The first-order chi connectivity index (χ1) is 12.1. The van der Waals surface area contributed by atoms with Gasteiger partial charge < -0.3 is 9.47 Å². The van der Waals surface area contributed by atoms with Crippen LogP contribution in [0.4, 0.5) is 0 Å². The molecule has 0 bridgehead atoms. The number of rotatable bonds is 7. The Bertz CT molecular complexity index is 712. The van der Waals surface area contributed by atoms with Crippen molar-refractivity contribution in [3.05, 3.63) is 46.7 Å². The standard InChI is InChI=1S/C18H22ClN3OS2/c1-21-16(17(23)14-3-5-15(19)6-4-14)13-20-18(21)25-10-2-7-22-8-11-24-12-9-22/h3-6,13H,2,7-12H2,1H3. The van der Waals surface area contributed by atoms with Gasteiger partial charge in [0, 0.05) is 48.0 Å². The lowest BCUT2D eigenvalue weighted by molar-refractivity contribution is 0.103. The quantitative estimate of drug-likeness (QED) is 0.404. The first-order valence-electron chi connectivity index (χ1n) is 8.40. The van der Waals surface area contributed by atoms with Crippen molar-refractivity contribution in [2.24, 2.45) is 7.05 Å². The highest BCUT2D eigenvalue weighted by Gasteiger charge is 2.16. The van der Waals surface area contributed by atoms with Crippen LogP contribution in [0.2, 0.25) is 5.02 Å². The van der Waals surface area contributed by atoms with E-state index < -0.39 is 0 Å². The zero-order valence-electron chi connectivity index (χ0n) is 14.3. The molecule has 3 rings (SSSR count). The zero-order valence-corrected chi connectivity index (χ0v) is 16.7. The number of imidazole rings is 1. The third kappa shape index (κ3) is 5.03. The number of nitrogens with zero attached hydrogens (tertiary/aromatic N) is 3. The minimum atomic E-state index is -0.0238. The van der Waals surface area contributed by atoms with Crippen LogP contribution in [0.5, 0.6) is 0 Å². The summed E-state index contributed by atoms with van der Waals surface area (Å²) in [4.78, 5) is 19.6. The van der Waals surface area contributed by atoms with Crippen LogP contribution in [0.25, 0.3) is 0 Å². The minimum absolute atomic E-state index is 0.0238. The van der Waals surface area contributed by atoms with E-state index in [2.05, 4.69) is 9.88 Å². The molecule has 1 aromatic heterocycles. The molecule has 7 heteroatoms. The second kappa shape index (κ2) is 9.12. The lowest BCUT2D eigenvalue weighted by Crippen LogP contribution is -2.33. The first kappa shape index (κ1) is 18.8. The molecule has 0 unspecified atom stereocenters. The number of hydrogen-bond donors (Lipinski definition) is 0. The van der Waals surface area contributed by atoms with E-state index in [4.69, 9.17) is 11.6 Å². The van der Waals surface area contributed by atoms with E-state index in [-0.39, 0.29) is 5.78 Å². The molecule has 0 atom stereocenters. The van der Waals surface area contributed by atoms with Crippen LogP contribution in [-0.4, -0.2) is 57.1 Å². The maximum Gasteiger partial charge on any atom is 0.211 e. The fourth-order valence-electron chi connectivity index (χ4n) is 2.76. The summed E-state index contributed by atoms with van der Waals surface area (Å²) < 4.78 is 1.89. The van der Waals surface area contributed by atoms with Crippen LogP contribution in [0.3, 0.4) is 0 Å². The normalized spacial score (nSPS) is 15.4. The van der Waals surface area contributed by atoms with Crippen molar-refractivity contribution in [3.8, 4) is 0 Å². The molecule has 1 aliphatic rings. The maximum absolute atomic E-state index is 12.6. The van der Waals surface area contributed by atoms with Gasteiger partial charge in [0.25, 0.3) is 0 Å². The van der Waals surface area contributed by atoms with Crippen molar-refractivity contribution < 1.29 is 4.79 Å². The van der Waals surface area contributed by atoms with Gasteiger partial charge in [-0.3, -0.25) is 4.79 Å². The maximum atomic E-state index is 12.6. The van der Waals surface area contributed by atoms with E-state index in [1.807, 2.05) is 23.4 Å². The predicted molar refractivity (Wildman–Crippen MR) is 107 cm³/mol. The molecule has 0 saturated carbocycles. The Morgan fingerprint density at radius 3 is 2.72 bits per heavy atom. The van der Waals surface area contributed by atoms with Gasteiger partial charge in [0.15, 0.2) is 5.16 Å². The Labute approximate surface area is 162 Å². The van der Waals surface area contributed by atoms with Crippen molar-refractivity contribution in [2.45, 2.75) is 11.6 Å². The summed E-state index contributed by atoms with van der Waals surface area (Å²) >= 11 is 9.65. The molecule has 25 heavy (non-hydrogen) atoms. The molecule has 1 fully saturated rings. The Morgan fingerprint density at radius 2 is 2.00 bits per heavy atom. The molecule has 2 heterocycles. The van der Waals surface area contributed by atoms with Gasteiger partial charge in [-0.1, -0.05) is 23.4 Å². The second-order valence-electron chi connectivity index (χ2n) is 5.98. The monoisotopic (exact) mass is 395 g/mol. The van der Waals surface area contributed by atoms with Crippen molar-refractivity contribution in [1.82, 2.24) is 14.5 Å². The third-order valence-electron chi connectivity index (χ3n) is 4.24. The van der Waals surface area contributed by atoms with Crippen LogP contribution in [-0.2, 0) is 7.05 Å². The van der Waals surface area contributed by atoms with E-state index >= 15 is 0 Å². The van der Waals surface area contributed by atoms with Crippen LogP contribution in [0.1, 0.15) is 22.5 Å². The summed E-state index contributed by atoms with van der Waals surface area (Å²) in [6, 6.07) is 6.97. The summed E-state index contributed by atoms with van der Waals surface area (Å²) in [5.74, 6) is 3.50. The molecular weight excluding hydrogens is 374 g/mol. The fourth-order valence-corrected chi connectivity index (χ4v) is 4.74. The topological polar surface area (TPSA) is 38.1 Å². The van der Waals surface area contributed by atoms with Crippen LogP contribution in [0.15, 0.2) is 35.6 Å². The summed E-state index contributed by atoms with van der Waals surface area (Å²) in [5, 5.41) is 1.52.